The van der Waals surface area contributed by atoms with Crippen LogP contribution in [0.4, 0.5) is 0 Å². The van der Waals surface area contributed by atoms with Crippen molar-refractivity contribution in [2.75, 3.05) is 6.54 Å². The number of hydrogen-bond donors (Lipinski definition) is 2. The highest BCUT2D eigenvalue weighted by molar-refractivity contribution is 7.10. The van der Waals surface area contributed by atoms with Gasteiger partial charge in [0.25, 0.3) is 0 Å². The van der Waals surface area contributed by atoms with Crippen LogP contribution in [0.3, 0.4) is 0 Å². The second-order valence-electron chi connectivity index (χ2n) is 3.85. The van der Waals surface area contributed by atoms with E-state index in [9.17, 15) is 9.59 Å². The molecular weight excluding hydrogens is 276 g/mol. The van der Waals surface area contributed by atoms with Crippen LogP contribution in [0, 0.1) is 0 Å². The number of carbonyl (C=O) groups excluding carboxylic acids is 1. The third-order valence-electron chi connectivity index (χ3n) is 2.22. The zero-order valence-electron chi connectivity index (χ0n) is 11.1. The van der Waals surface area contributed by atoms with Gasteiger partial charge in [0.2, 0.25) is 5.91 Å². The molecule has 0 spiro atoms. The van der Waals surface area contributed by atoms with Crippen molar-refractivity contribution in [3.63, 3.8) is 0 Å². The Morgan fingerprint density at radius 3 is 2.90 bits per heavy atom. The van der Waals surface area contributed by atoms with Gasteiger partial charge in [-0.2, -0.15) is 0 Å². The van der Waals surface area contributed by atoms with Crippen molar-refractivity contribution in [1.29, 1.82) is 0 Å². The first-order valence-corrected chi connectivity index (χ1v) is 6.83. The summed E-state index contributed by atoms with van der Waals surface area (Å²) < 4.78 is 0. The summed E-state index contributed by atoms with van der Waals surface area (Å²) in [5, 5.41) is 13.4. The van der Waals surface area contributed by atoms with Gasteiger partial charge in [0.05, 0.1) is 12.1 Å². The molecule has 6 heteroatoms. The van der Waals surface area contributed by atoms with Gasteiger partial charge in [0.1, 0.15) is 11.6 Å². The van der Waals surface area contributed by atoms with E-state index in [1.165, 1.54) is 11.3 Å². The Hall–Kier alpha value is -2.21. The third-order valence-corrected chi connectivity index (χ3v) is 3.16. The van der Waals surface area contributed by atoms with E-state index < -0.39 is 5.97 Å². The fraction of sp³-hybridized carbons (Fsp3) is 0.214. The minimum absolute atomic E-state index is 0.0704. The van der Waals surface area contributed by atoms with Gasteiger partial charge in [-0.25, -0.2) is 4.98 Å². The molecule has 0 aromatic carbocycles. The summed E-state index contributed by atoms with van der Waals surface area (Å²) in [4.78, 5) is 26.2. The quantitative estimate of drug-likeness (QED) is 0.754. The van der Waals surface area contributed by atoms with Gasteiger partial charge in [-0.15, -0.1) is 11.3 Å². The van der Waals surface area contributed by atoms with Crippen LogP contribution in [0.5, 0.6) is 0 Å². The predicted octanol–water partition coefficient (Wildman–Crippen LogP) is 2.03. The molecule has 2 N–H and O–H groups in total. The van der Waals surface area contributed by atoms with Crippen LogP contribution < -0.4 is 5.32 Å². The Bertz CT molecular complexity index is 559. The molecule has 1 rings (SSSR count). The second-order valence-corrected chi connectivity index (χ2v) is 4.71. The third kappa shape index (κ3) is 5.19. The van der Waals surface area contributed by atoms with E-state index in [1.54, 1.807) is 11.5 Å². The summed E-state index contributed by atoms with van der Waals surface area (Å²) in [5.41, 5.74) is 1.54. The standard InChI is InChI=1S/C14H16N2O3S/c1-3-5-10(6-4-2)14-16-11(9-20-14)7-12(17)15-8-13(18)19/h3-6,9H,1,7-8H2,2H3,(H,15,17)(H,18,19)/b6-4-,10-5+. The van der Waals surface area contributed by atoms with E-state index in [2.05, 4.69) is 16.9 Å². The molecule has 1 aromatic rings. The van der Waals surface area contributed by atoms with E-state index in [0.717, 1.165) is 10.6 Å². The van der Waals surface area contributed by atoms with Crippen molar-refractivity contribution in [2.45, 2.75) is 13.3 Å². The van der Waals surface area contributed by atoms with Gasteiger partial charge < -0.3 is 10.4 Å². The number of thiazole rings is 1. The average molecular weight is 292 g/mol. The van der Waals surface area contributed by atoms with Crippen LogP contribution in [0.25, 0.3) is 5.57 Å². The van der Waals surface area contributed by atoms with Gasteiger partial charge in [0.15, 0.2) is 0 Å². The summed E-state index contributed by atoms with van der Waals surface area (Å²) in [6.45, 7) is 5.18. The number of aromatic nitrogens is 1. The molecule has 0 saturated heterocycles. The van der Waals surface area contributed by atoms with Crippen LogP contribution >= 0.6 is 11.3 Å². The number of amides is 1. The fourth-order valence-electron chi connectivity index (χ4n) is 1.43. The Balaban J connectivity index is 2.71. The van der Waals surface area contributed by atoms with Crippen molar-refractivity contribution in [1.82, 2.24) is 10.3 Å². The molecule has 0 fully saturated rings. The fourth-order valence-corrected chi connectivity index (χ4v) is 2.25. The molecule has 0 aliphatic carbocycles. The first-order chi connectivity index (χ1) is 9.56. The highest BCUT2D eigenvalue weighted by atomic mass is 32.1. The van der Waals surface area contributed by atoms with E-state index in [0.29, 0.717) is 5.69 Å². The minimum atomic E-state index is -1.07. The number of hydrogen-bond acceptors (Lipinski definition) is 4. The molecule has 0 atom stereocenters. The largest absolute Gasteiger partial charge is 0.480 e. The molecule has 20 heavy (non-hydrogen) atoms. The van der Waals surface area contributed by atoms with Crippen molar-refractivity contribution in [3.05, 3.63) is 47.0 Å². The number of rotatable bonds is 7. The van der Waals surface area contributed by atoms with Crippen molar-refractivity contribution >= 4 is 28.8 Å². The number of carboxylic acid groups (broad SMARTS) is 1. The van der Waals surface area contributed by atoms with Crippen molar-refractivity contribution in [3.8, 4) is 0 Å². The number of aliphatic carboxylic acids is 1. The molecule has 1 heterocycles. The normalized spacial score (nSPS) is 11.6. The SMILES string of the molecule is C=C/C=C(\C=C/C)c1nc(CC(=O)NCC(=O)O)cs1. The van der Waals surface area contributed by atoms with Crippen LogP contribution in [0.15, 0.2) is 36.3 Å². The van der Waals surface area contributed by atoms with Crippen LogP contribution in [0.2, 0.25) is 0 Å². The maximum atomic E-state index is 11.5. The predicted molar refractivity (Wildman–Crippen MR) is 79.5 cm³/mol. The molecule has 0 radical (unpaired) electrons. The number of nitrogens with zero attached hydrogens (tertiary/aromatic N) is 1. The smallest absolute Gasteiger partial charge is 0.322 e. The Kier molecular flexibility index (Phi) is 6.39. The van der Waals surface area contributed by atoms with Crippen molar-refractivity contribution < 1.29 is 14.7 Å². The Morgan fingerprint density at radius 1 is 1.55 bits per heavy atom. The Morgan fingerprint density at radius 2 is 2.30 bits per heavy atom. The van der Waals surface area contributed by atoms with Gasteiger partial charge in [-0.1, -0.05) is 30.9 Å². The summed E-state index contributed by atoms with van der Waals surface area (Å²) >= 11 is 1.43. The van der Waals surface area contributed by atoms with Gasteiger partial charge in [-0.05, 0) is 6.92 Å². The van der Waals surface area contributed by atoms with Crippen LogP contribution in [-0.2, 0) is 16.0 Å². The number of carbonyl (C=O) groups is 2. The Labute approximate surface area is 121 Å². The summed E-state index contributed by atoms with van der Waals surface area (Å²) in [5.74, 6) is -1.42. The molecule has 106 valence electrons. The summed E-state index contributed by atoms with van der Waals surface area (Å²) in [7, 11) is 0. The van der Waals surface area contributed by atoms with Gasteiger partial charge in [-0.3, -0.25) is 9.59 Å². The molecule has 0 aliphatic rings. The van der Waals surface area contributed by atoms with Crippen LogP contribution in [-0.4, -0.2) is 28.5 Å². The van der Waals surface area contributed by atoms with Gasteiger partial charge in [0, 0.05) is 11.0 Å². The first kappa shape index (κ1) is 15.8. The second kappa shape index (κ2) is 8.06. The molecule has 1 aromatic heterocycles. The average Bonchev–Trinajstić information content (AvgIpc) is 2.84. The maximum absolute atomic E-state index is 11.5. The number of carboxylic acids is 1. The van der Waals surface area contributed by atoms with Crippen molar-refractivity contribution in [2.24, 2.45) is 0 Å². The molecule has 1 amide bonds. The molecule has 0 aliphatic heterocycles. The minimum Gasteiger partial charge on any atom is -0.480 e. The van der Waals surface area contributed by atoms with E-state index >= 15 is 0 Å². The molecular formula is C14H16N2O3S. The summed E-state index contributed by atoms with van der Waals surface area (Å²) in [6.07, 6.45) is 7.40. The lowest BCUT2D eigenvalue weighted by atomic mass is 10.2. The lowest BCUT2D eigenvalue weighted by Gasteiger charge is -1.99. The topological polar surface area (TPSA) is 79.3 Å². The molecule has 5 nitrogen and oxygen atoms in total. The number of nitrogens with one attached hydrogen (secondary N) is 1. The highest BCUT2D eigenvalue weighted by Gasteiger charge is 2.10. The lowest BCUT2D eigenvalue weighted by molar-refractivity contribution is -0.137. The monoisotopic (exact) mass is 292 g/mol. The lowest BCUT2D eigenvalue weighted by Crippen LogP contribution is -2.30. The van der Waals surface area contributed by atoms with Crippen LogP contribution in [0.1, 0.15) is 17.6 Å². The first-order valence-electron chi connectivity index (χ1n) is 5.95. The van der Waals surface area contributed by atoms with E-state index in [-0.39, 0.29) is 18.9 Å². The molecule has 0 saturated carbocycles. The summed E-state index contributed by atoms with van der Waals surface area (Å²) in [6, 6.07) is 0. The zero-order chi connectivity index (χ0) is 15.0. The van der Waals surface area contributed by atoms with E-state index in [1.807, 2.05) is 25.2 Å². The van der Waals surface area contributed by atoms with E-state index in [4.69, 9.17) is 5.11 Å². The maximum Gasteiger partial charge on any atom is 0.322 e. The molecule has 0 unspecified atom stereocenters. The number of allylic oxidation sites excluding steroid dienone is 5. The molecule has 0 bridgehead atoms. The van der Waals surface area contributed by atoms with Gasteiger partial charge >= 0.3 is 5.97 Å². The zero-order valence-corrected chi connectivity index (χ0v) is 11.9. The highest BCUT2D eigenvalue weighted by Crippen LogP contribution is 2.21.